The number of amides is 1. The molecule has 0 saturated carbocycles. The average molecular weight is 614 g/mol. The highest BCUT2D eigenvalue weighted by atomic mass is 16.6. The maximum atomic E-state index is 12.1. The summed E-state index contributed by atoms with van der Waals surface area (Å²) in [5.74, 6) is 0. The number of carbonyl (C=O) groups is 1. The molecule has 1 unspecified atom stereocenters. The van der Waals surface area contributed by atoms with E-state index in [1.165, 1.54) is 141 Å². The SMILES string of the molecule is CCCCCCCCCCCCCCOCC(COC(=O)NCCOC(C)C)OCCCCCCCCCCCCCC. The van der Waals surface area contributed by atoms with E-state index in [0.717, 1.165) is 19.4 Å². The summed E-state index contributed by atoms with van der Waals surface area (Å²) in [5, 5.41) is 2.75. The van der Waals surface area contributed by atoms with Crippen molar-refractivity contribution in [3.8, 4) is 0 Å². The van der Waals surface area contributed by atoms with Crippen LogP contribution in [0, 0.1) is 0 Å². The fourth-order valence-electron chi connectivity index (χ4n) is 5.26. The van der Waals surface area contributed by atoms with Crippen molar-refractivity contribution >= 4 is 6.09 Å². The van der Waals surface area contributed by atoms with E-state index in [2.05, 4.69) is 19.2 Å². The summed E-state index contributed by atoms with van der Waals surface area (Å²) in [5.41, 5.74) is 0. The van der Waals surface area contributed by atoms with Crippen LogP contribution in [0.1, 0.15) is 182 Å². The molecule has 43 heavy (non-hydrogen) atoms. The highest BCUT2D eigenvalue weighted by Crippen LogP contribution is 2.13. The third-order valence-electron chi connectivity index (χ3n) is 8.02. The Kier molecular flexibility index (Phi) is 34.9. The van der Waals surface area contributed by atoms with Crippen molar-refractivity contribution in [2.45, 2.75) is 194 Å². The van der Waals surface area contributed by atoms with Crippen LogP contribution in [0.4, 0.5) is 4.79 Å². The third kappa shape index (κ3) is 35.5. The summed E-state index contributed by atoms with van der Waals surface area (Å²) in [4.78, 5) is 12.1. The van der Waals surface area contributed by atoms with Gasteiger partial charge in [0.05, 0.1) is 19.3 Å². The van der Waals surface area contributed by atoms with Gasteiger partial charge in [0, 0.05) is 19.8 Å². The second kappa shape index (κ2) is 35.6. The summed E-state index contributed by atoms with van der Waals surface area (Å²) in [6.07, 6.45) is 31.5. The Hall–Kier alpha value is -0.850. The molecule has 0 aromatic heterocycles. The Morgan fingerprint density at radius 3 is 1.37 bits per heavy atom. The van der Waals surface area contributed by atoms with Crippen LogP contribution in [0.25, 0.3) is 0 Å². The van der Waals surface area contributed by atoms with Crippen molar-refractivity contribution in [2.75, 3.05) is 39.6 Å². The molecule has 0 aromatic rings. The van der Waals surface area contributed by atoms with Gasteiger partial charge >= 0.3 is 6.09 Å². The summed E-state index contributed by atoms with van der Waals surface area (Å²) in [6.45, 7) is 11.6. The van der Waals surface area contributed by atoms with Crippen LogP contribution >= 0.6 is 0 Å². The minimum absolute atomic E-state index is 0.151. The van der Waals surface area contributed by atoms with Crippen LogP contribution in [0.15, 0.2) is 0 Å². The molecule has 6 heteroatoms. The van der Waals surface area contributed by atoms with Crippen LogP contribution in [-0.4, -0.2) is 57.9 Å². The van der Waals surface area contributed by atoms with Crippen LogP contribution in [0.2, 0.25) is 0 Å². The average Bonchev–Trinajstić information content (AvgIpc) is 3.00. The van der Waals surface area contributed by atoms with E-state index in [4.69, 9.17) is 18.9 Å². The Labute approximate surface area is 268 Å². The van der Waals surface area contributed by atoms with E-state index in [-0.39, 0.29) is 18.8 Å². The predicted octanol–water partition coefficient (Wildman–Crippen LogP) is 10.9. The van der Waals surface area contributed by atoms with Gasteiger partial charge in [0.1, 0.15) is 12.7 Å². The molecule has 1 atom stereocenters. The van der Waals surface area contributed by atoms with Gasteiger partial charge < -0.3 is 24.3 Å². The van der Waals surface area contributed by atoms with Crippen molar-refractivity contribution in [3.05, 3.63) is 0 Å². The second-order valence-corrected chi connectivity index (χ2v) is 12.8. The smallest absolute Gasteiger partial charge is 0.407 e. The molecule has 0 saturated heterocycles. The molecule has 0 aliphatic carbocycles. The molecule has 1 N–H and O–H groups in total. The maximum Gasteiger partial charge on any atom is 0.407 e. The molecule has 0 aliphatic heterocycles. The Bertz CT molecular complexity index is 545. The van der Waals surface area contributed by atoms with E-state index in [9.17, 15) is 4.79 Å². The van der Waals surface area contributed by atoms with Crippen molar-refractivity contribution in [3.63, 3.8) is 0 Å². The topological polar surface area (TPSA) is 66.0 Å². The van der Waals surface area contributed by atoms with Crippen LogP contribution in [0.3, 0.4) is 0 Å². The van der Waals surface area contributed by atoms with E-state index in [1.54, 1.807) is 0 Å². The molecule has 0 radical (unpaired) electrons. The molecule has 0 fully saturated rings. The van der Waals surface area contributed by atoms with Crippen molar-refractivity contribution in [1.29, 1.82) is 0 Å². The Morgan fingerprint density at radius 2 is 0.930 bits per heavy atom. The van der Waals surface area contributed by atoms with E-state index >= 15 is 0 Å². The molecule has 0 bridgehead atoms. The fraction of sp³-hybridized carbons (Fsp3) is 0.973. The fourth-order valence-corrected chi connectivity index (χ4v) is 5.26. The van der Waals surface area contributed by atoms with E-state index in [1.807, 2.05) is 13.8 Å². The van der Waals surface area contributed by atoms with E-state index < -0.39 is 6.09 Å². The van der Waals surface area contributed by atoms with Crippen molar-refractivity contribution in [1.82, 2.24) is 5.32 Å². The molecule has 0 aliphatic rings. The number of carbonyl (C=O) groups excluding carboxylic acids is 1. The first-order chi connectivity index (χ1) is 21.1. The lowest BCUT2D eigenvalue weighted by molar-refractivity contribution is -0.0470. The van der Waals surface area contributed by atoms with Crippen LogP contribution in [0.5, 0.6) is 0 Å². The van der Waals surface area contributed by atoms with Gasteiger partial charge in [0.15, 0.2) is 0 Å². The number of nitrogens with one attached hydrogen (secondary N) is 1. The zero-order valence-electron chi connectivity index (χ0n) is 29.4. The Balaban J connectivity index is 3.97. The molecular weight excluding hydrogens is 538 g/mol. The molecule has 0 aromatic carbocycles. The largest absolute Gasteiger partial charge is 0.447 e. The predicted molar refractivity (Wildman–Crippen MR) is 183 cm³/mol. The highest BCUT2D eigenvalue weighted by molar-refractivity contribution is 5.67. The summed E-state index contributed by atoms with van der Waals surface area (Å²) in [6, 6.07) is 0. The van der Waals surface area contributed by atoms with Gasteiger partial charge in [-0.2, -0.15) is 0 Å². The molecule has 1 amide bonds. The van der Waals surface area contributed by atoms with Gasteiger partial charge in [0.2, 0.25) is 0 Å². The summed E-state index contributed by atoms with van der Waals surface area (Å²) in [7, 11) is 0. The molecule has 0 rings (SSSR count). The lowest BCUT2D eigenvalue weighted by Crippen LogP contribution is -2.33. The standard InChI is InChI=1S/C37H75NO5/c1-5-7-9-11-13-15-17-19-21-23-25-27-30-40-33-36(34-43-37(39)38-29-32-41-35(3)4)42-31-28-26-24-22-20-18-16-14-12-10-8-6-2/h35-36H,5-34H2,1-4H3,(H,38,39). The van der Waals surface area contributed by atoms with E-state index in [0.29, 0.717) is 26.4 Å². The van der Waals surface area contributed by atoms with Gasteiger partial charge in [0.25, 0.3) is 0 Å². The van der Waals surface area contributed by atoms with Crippen LogP contribution in [-0.2, 0) is 18.9 Å². The van der Waals surface area contributed by atoms with Gasteiger partial charge in [-0.05, 0) is 26.7 Å². The van der Waals surface area contributed by atoms with Crippen LogP contribution < -0.4 is 5.32 Å². The summed E-state index contributed by atoms with van der Waals surface area (Å²) < 4.78 is 23.0. The minimum atomic E-state index is -0.424. The van der Waals surface area contributed by atoms with Crippen molar-refractivity contribution < 1.29 is 23.7 Å². The normalized spacial score (nSPS) is 12.2. The number of hydrogen-bond donors (Lipinski definition) is 1. The lowest BCUT2D eigenvalue weighted by Gasteiger charge is -2.18. The molecule has 258 valence electrons. The number of rotatable bonds is 35. The lowest BCUT2D eigenvalue weighted by atomic mass is 10.1. The minimum Gasteiger partial charge on any atom is -0.447 e. The zero-order valence-corrected chi connectivity index (χ0v) is 29.4. The molecule has 0 heterocycles. The number of hydrogen-bond acceptors (Lipinski definition) is 5. The molecule has 6 nitrogen and oxygen atoms in total. The number of unbranched alkanes of at least 4 members (excludes halogenated alkanes) is 22. The first-order valence-corrected chi connectivity index (χ1v) is 18.8. The molecular formula is C37H75NO5. The highest BCUT2D eigenvalue weighted by Gasteiger charge is 2.13. The maximum absolute atomic E-state index is 12.1. The first-order valence-electron chi connectivity index (χ1n) is 18.8. The molecule has 0 spiro atoms. The van der Waals surface area contributed by atoms with Crippen molar-refractivity contribution in [2.24, 2.45) is 0 Å². The van der Waals surface area contributed by atoms with Gasteiger partial charge in [-0.15, -0.1) is 0 Å². The van der Waals surface area contributed by atoms with Gasteiger partial charge in [-0.3, -0.25) is 0 Å². The Morgan fingerprint density at radius 1 is 0.512 bits per heavy atom. The zero-order chi connectivity index (χ0) is 31.5. The second-order valence-electron chi connectivity index (χ2n) is 12.8. The monoisotopic (exact) mass is 614 g/mol. The quantitative estimate of drug-likeness (QED) is 0.0720. The number of alkyl carbamates (subject to hydrolysis) is 1. The number of ether oxygens (including phenoxy) is 4. The third-order valence-corrected chi connectivity index (χ3v) is 8.02. The van der Waals surface area contributed by atoms with Gasteiger partial charge in [-0.1, -0.05) is 155 Å². The van der Waals surface area contributed by atoms with Gasteiger partial charge in [-0.25, -0.2) is 4.79 Å². The first kappa shape index (κ1) is 42.1. The summed E-state index contributed by atoms with van der Waals surface area (Å²) >= 11 is 0.